The standard InChI is InChI=1S/C30H29N5O/c1-19-25(20-11-13-22(14-12-20)30(31)15-7-16-30)28(27-24(36-2)10-6-17-32-27)34-23-18-33-29(35-26(19)23)21-8-4-3-5-9-21/h3-6,8-14,17-19,25H,7,15-16,31H2,1-2H3. The Bertz CT molecular complexity index is 1430. The van der Waals surface area contributed by atoms with E-state index in [-0.39, 0.29) is 17.4 Å². The summed E-state index contributed by atoms with van der Waals surface area (Å²) in [5, 5.41) is 0. The molecule has 2 unspecified atom stereocenters. The average molecular weight is 476 g/mol. The summed E-state index contributed by atoms with van der Waals surface area (Å²) >= 11 is 0. The fraction of sp³-hybridized carbons (Fsp3) is 0.267. The van der Waals surface area contributed by atoms with Gasteiger partial charge in [0.05, 0.1) is 24.7 Å². The smallest absolute Gasteiger partial charge is 0.159 e. The average Bonchev–Trinajstić information content (AvgIpc) is 2.92. The molecule has 3 heterocycles. The zero-order valence-corrected chi connectivity index (χ0v) is 20.6. The highest BCUT2D eigenvalue weighted by molar-refractivity contribution is 6.08. The van der Waals surface area contributed by atoms with Crippen LogP contribution in [-0.4, -0.2) is 27.8 Å². The van der Waals surface area contributed by atoms with Crippen LogP contribution in [0.4, 0.5) is 5.69 Å². The number of nitrogens with zero attached hydrogens (tertiary/aromatic N) is 4. The van der Waals surface area contributed by atoms with Crippen molar-refractivity contribution >= 4 is 11.4 Å². The van der Waals surface area contributed by atoms with E-state index >= 15 is 0 Å². The van der Waals surface area contributed by atoms with E-state index < -0.39 is 0 Å². The van der Waals surface area contributed by atoms with Gasteiger partial charge >= 0.3 is 0 Å². The number of benzene rings is 2. The highest BCUT2D eigenvalue weighted by Crippen LogP contribution is 2.45. The van der Waals surface area contributed by atoms with Gasteiger partial charge in [0.1, 0.15) is 17.1 Å². The number of nitrogens with two attached hydrogens (primary N) is 1. The Hall–Kier alpha value is -3.90. The molecule has 6 nitrogen and oxygen atoms in total. The number of aliphatic imine (C=N–C) groups is 1. The third-order valence-corrected chi connectivity index (χ3v) is 7.62. The van der Waals surface area contributed by atoms with Gasteiger partial charge in [0.25, 0.3) is 0 Å². The molecule has 2 aromatic heterocycles. The van der Waals surface area contributed by atoms with Crippen LogP contribution in [0.25, 0.3) is 11.4 Å². The first-order valence-electron chi connectivity index (χ1n) is 12.5. The SMILES string of the molecule is COc1cccnc1C1=Nc2cnc(-c3ccccc3)nc2C(C)C1c1ccc(C2(N)CCC2)cc1. The summed E-state index contributed by atoms with van der Waals surface area (Å²) in [7, 11) is 1.67. The molecule has 1 aliphatic carbocycles. The predicted octanol–water partition coefficient (Wildman–Crippen LogP) is 5.91. The lowest BCUT2D eigenvalue weighted by Gasteiger charge is -2.39. The summed E-state index contributed by atoms with van der Waals surface area (Å²) in [6.45, 7) is 2.21. The van der Waals surface area contributed by atoms with Crippen LogP contribution >= 0.6 is 0 Å². The molecule has 0 amide bonds. The molecule has 2 aromatic carbocycles. The Labute approximate surface area is 211 Å². The van der Waals surface area contributed by atoms with E-state index in [0.717, 1.165) is 46.8 Å². The number of aromatic nitrogens is 3. The molecule has 180 valence electrons. The van der Waals surface area contributed by atoms with Crippen molar-refractivity contribution in [2.45, 2.75) is 43.6 Å². The van der Waals surface area contributed by atoms with Crippen LogP contribution in [0.2, 0.25) is 0 Å². The highest BCUT2D eigenvalue weighted by Gasteiger charge is 2.37. The maximum absolute atomic E-state index is 6.60. The summed E-state index contributed by atoms with van der Waals surface area (Å²) in [5.74, 6) is 1.40. The highest BCUT2D eigenvalue weighted by atomic mass is 16.5. The zero-order valence-electron chi connectivity index (χ0n) is 20.6. The Kier molecular flexibility index (Phi) is 5.61. The minimum Gasteiger partial charge on any atom is -0.494 e. The summed E-state index contributed by atoms with van der Waals surface area (Å²) in [4.78, 5) is 19.4. The first-order chi connectivity index (χ1) is 17.6. The van der Waals surface area contributed by atoms with Crippen LogP contribution in [0.5, 0.6) is 5.75 Å². The molecule has 6 heteroatoms. The van der Waals surface area contributed by atoms with Crippen molar-refractivity contribution in [1.29, 1.82) is 0 Å². The van der Waals surface area contributed by atoms with E-state index in [2.05, 4.69) is 41.2 Å². The third-order valence-electron chi connectivity index (χ3n) is 7.62. The summed E-state index contributed by atoms with van der Waals surface area (Å²) < 4.78 is 5.68. The maximum atomic E-state index is 6.60. The lowest BCUT2D eigenvalue weighted by atomic mass is 9.72. The molecule has 0 spiro atoms. The van der Waals surface area contributed by atoms with Gasteiger partial charge in [-0.05, 0) is 42.5 Å². The van der Waals surface area contributed by atoms with E-state index in [1.807, 2.05) is 48.7 Å². The maximum Gasteiger partial charge on any atom is 0.159 e. The zero-order chi connectivity index (χ0) is 24.7. The van der Waals surface area contributed by atoms with E-state index in [0.29, 0.717) is 11.6 Å². The molecule has 2 atom stereocenters. The fourth-order valence-corrected chi connectivity index (χ4v) is 5.39. The minimum atomic E-state index is -0.192. The van der Waals surface area contributed by atoms with Gasteiger partial charge in [0, 0.05) is 29.1 Å². The number of methoxy groups -OCH3 is 1. The Morgan fingerprint density at radius 3 is 2.42 bits per heavy atom. The van der Waals surface area contributed by atoms with Crippen LogP contribution < -0.4 is 10.5 Å². The van der Waals surface area contributed by atoms with Gasteiger partial charge in [0.15, 0.2) is 5.82 Å². The van der Waals surface area contributed by atoms with Gasteiger partial charge in [-0.3, -0.25) is 4.98 Å². The molecule has 6 rings (SSSR count). The van der Waals surface area contributed by atoms with E-state index in [1.165, 1.54) is 12.0 Å². The van der Waals surface area contributed by atoms with Crippen LogP contribution in [0.1, 0.15) is 60.5 Å². The molecule has 1 saturated carbocycles. The lowest BCUT2D eigenvalue weighted by Crippen LogP contribution is -2.43. The minimum absolute atomic E-state index is 0.0473. The predicted molar refractivity (Wildman–Crippen MR) is 142 cm³/mol. The van der Waals surface area contributed by atoms with Gasteiger partial charge in [-0.25, -0.2) is 15.0 Å². The van der Waals surface area contributed by atoms with Crippen molar-refractivity contribution in [3.8, 4) is 17.1 Å². The number of pyridine rings is 1. The van der Waals surface area contributed by atoms with Crippen molar-refractivity contribution < 1.29 is 4.74 Å². The van der Waals surface area contributed by atoms with Crippen LogP contribution in [-0.2, 0) is 5.54 Å². The van der Waals surface area contributed by atoms with Crippen LogP contribution in [0.15, 0.2) is 84.1 Å². The topological polar surface area (TPSA) is 86.3 Å². The molecule has 0 bridgehead atoms. The quantitative estimate of drug-likeness (QED) is 0.388. The molecule has 2 N–H and O–H groups in total. The molecule has 0 saturated heterocycles. The second kappa shape index (κ2) is 8.95. The number of hydrogen-bond acceptors (Lipinski definition) is 6. The number of ether oxygens (including phenoxy) is 1. The number of hydrogen-bond donors (Lipinski definition) is 1. The first kappa shape index (κ1) is 22.6. The van der Waals surface area contributed by atoms with Crippen LogP contribution in [0, 0.1) is 0 Å². The normalized spacial score (nSPS) is 20.1. The summed E-state index contributed by atoms with van der Waals surface area (Å²) in [6.07, 6.45) is 6.87. The third kappa shape index (κ3) is 3.78. The largest absolute Gasteiger partial charge is 0.494 e. The first-order valence-corrected chi connectivity index (χ1v) is 12.5. The Morgan fingerprint density at radius 2 is 1.72 bits per heavy atom. The van der Waals surface area contributed by atoms with Gasteiger partial charge in [-0.15, -0.1) is 0 Å². The van der Waals surface area contributed by atoms with Crippen molar-refractivity contribution in [3.63, 3.8) is 0 Å². The molecule has 1 fully saturated rings. The Balaban J connectivity index is 1.48. The Morgan fingerprint density at radius 1 is 0.944 bits per heavy atom. The fourth-order valence-electron chi connectivity index (χ4n) is 5.39. The monoisotopic (exact) mass is 475 g/mol. The second-order valence-corrected chi connectivity index (χ2v) is 9.78. The van der Waals surface area contributed by atoms with E-state index in [4.69, 9.17) is 20.4 Å². The molecular weight excluding hydrogens is 446 g/mol. The molecule has 36 heavy (non-hydrogen) atoms. The van der Waals surface area contributed by atoms with E-state index in [1.54, 1.807) is 13.3 Å². The molecule has 0 radical (unpaired) electrons. The van der Waals surface area contributed by atoms with Gasteiger partial charge < -0.3 is 10.5 Å². The molecule has 2 aliphatic rings. The molecular formula is C30H29N5O. The van der Waals surface area contributed by atoms with Crippen molar-refractivity contribution in [1.82, 2.24) is 15.0 Å². The van der Waals surface area contributed by atoms with Gasteiger partial charge in [-0.2, -0.15) is 0 Å². The van der Waals surface area contributed by atoms with Gasteiger partial charge in [-0.1, -0.05) is 61.5 Å². The van der Waals surface area contributed by atoms with Crippen molar-refractivity contribution in [3.05, 3.63) is 102 Å². The van der Waals surface area contributed by atoms with Crippen molar-refractivity contribution in [2.24, 2.45) is 10.7 Å². The summed E-state index contributed by atoms with van der Waals surface area (Å²) in [6, 6.07) is 22.6. The van der Waals surface area contributed by atoms with Crippen molar-refractivity contribution in [2.75, 3.05) is 7.11 Å². The lowest BCUT2D eigenvalue weighted by molar-refractivity contribution is 0.253. The summed E-state index contributed by atoms with van der Waals surface area (Å²) in [5.41, 5.74) is 13.1. The van der Waals surface area contributed by atoms with Crippen LogP contribution in [0.3, 0.4) is 0 Å². The molecule has 1 aliphatic heterocycles. The van der Waals surface area contributed by atoms with Gasteiger partial charge in [0.2, 0.25) is 0 Å². The number of fused-ring (bicyclic) bond motifs is 1. The molecule has 4 aromatic rings. The van der Waals surface area contributed by atoms with E-state index in [9.17, 15) is 0 Å². The second-order valence-electron chi connectivity index (χ2n) is 9.78. The number of rotatable bonds is 5.